The summed E-state index contributed by atoms with van der Waals surface area (Å²) in [4.78, 5) is 25.4. The molecular formula is C15H19NO3. The molecule has 1 fully saturated rings. The molecule has 0 spiro atoms. The van der Waals surface area contributed by atoms with Gasteiger partial charge in [0.2, 0.25) is 5.91 Å². The molecule has 0 bridgehead atoms. The number of carbonyl (C=O) groups excluding carboxylic acids is 2. The van der Waals surface area contributed by atoms with Gasteiger partial charge in [-0.25, -0.2) is 4.79 Å². The predicted molar refractivity (Wildman–Crippen MR) is 71.3 cm³/mol. The maximum absolute atomic E-state index is 12.0. The van der Waals surface area contributed by atoms with Gasteiger partial charge in [-0.2, -0.15) is 0 Å². The Kier molecular flexibility index (Phi) is 4.55. The van der Waals surface area contributed by atoms with Gasteiger partial charge in [0.25, 0.3) is 0 Å². The lowest BCUT2D eigenvalue weighted by Gasteiger charge is -2.22. The molecule has 1 aromatic rings. The molecule has 0 radical (unpaired) electrons. The number of nitrogens with zero attached hydrogens (tertiary/aromatic N) is 1. The van der Waals surface area contributed by atoms with E-state index in [2.05, 4.69) is 0 Å². The van der Waals surface area contributed by atoms with Gasteiger partial charge in [0.1, 0.15) is 12.6 Å². The number of hydrogen-bond donors (Lipinski definition) is 0. The predicted octanol–water partition coefficient (Wildman–Crippen LogP) is 2.13. The number of hydrogen-bond acceptors (Lipinski definition) is 3. The van der Waals surface area contributed by atoms with Gasteiger partial charge in [0, 0.05) is 13.0 Å². The molecule has 1 aliphatic heterocycles. The molecule has 2 rings (SSSR count). The molecule has 1 atom stereocenters. The van der Waals surface area contributed by atoms with Crippen molar-refractivity contribution < 1.29 is 14.3 Å². The lowest BCUT2D eigenvalue weighted by Crippen LogP contribution is -2.41. The summed E-state index contributed by atoms with van der Waals surface area (Å²) in [5.74, 6) is -0.262. The van der Waals surface area contributed by atoms with E-state index in [0.29, 0.717) is 19.4 Å². The van der Waals surface area contributed by atoms with E-state index in [4.69, 9.17) is 4.74 Å². The summed E-state index contributed by atoms with van der Waals surface area (Å²) in [7, 11) is 0. The van der Waals surface area contributed by atoms with E-state index in [1.807, 2.05) is 37.3 Å². The molecule has 19 heavy (non-hydrogen) atoms. The Labute approximate surface area is 113 Å². The lowest BCUT2D eigenvalue weighted by atomic mass is 10.2. The van der Waals surface area contributed by atoms with Crippen LogP contribution in [0.25, 0.3) is 0 Å². The van der Waals surface area contributed by atoms with Crippen molar-refractivity contribution in [1.29, 1.82) is 0 Å². The molecule has 1 saturated heterocycles. The lowest BCUT2D eigenvalue weighted by molar-refractivity contribution is -0.154. The van der Waals surface area contributed by atoms with E-state index in [1.54, 1.807) is 4.90 Å². The minimum absolute atomic E-state index is 0.0270. The van der Waals surface area contributed by atoms with Crippen molar-refractivity contribution in [3.8, 4) is 0 Å². The highest BCUT2D eigenvalue weighted by molar-refractivity contribution is 5.85. The Hall–Kier alpha value is -1.84. The van der Waals surface area contributed by atoms with E-state index < -0.39 is 6.04 Å². The fraction of sp³-hybridized carbons (Fsp3) is 0.467. The highest BCUT2D eigenvalue weighted by Crippen LogP contribution is 2.20. The SMILES string of the molecule is CCC(=O)N1CCC[C@H]1C(=O)OCc1ccccc1. The van der Waals surface area contributed by atoms with Crippen molar-refractivity contribution >= 4 is 11.9 Å². The second-order valence-electron chi connectivity index (χ2n) is 4.69. The van der Waals surface area contributed by atoms with Crippen LogP contribution >= 0.6 is 0 Å². The van der Waals surface area contributed by atoms with Crippen LogP contribution in [0, 0.1) is 0 Å². The van der Waals surface area contributed by atoms with Crippen molar-refractivity contribution in [2.75, 3.05) is 6.54 Å². The number of rotatable bonds is 4. The van der Waals surface area contributed by atoms with E-state index in [-0.39, 0.29) is 18.5 Å². The van der Waals surface area contributed by atoms with Gasteiger partial charge in [-0.3, -0.25) is 4.79 Å². The zero-order valence-electron chi connectivity index (χ0n) is 11.2. The Morgan fingerprint density at radius 3 is 2.74 bits per heavy atom. The first-order chi connectivity index (χ1) is 9.22. The molecule has 0 aliphatic carbocycles. The molecule has 1 amide bonds. The monoisotopic (exact) mass is 261 g/mol. The summed E-state index contributed by atoms with van der Waals surface area (Å²) in [5.41, 5.74) is 0.960. The largest absolute Gasteiger partial charge is 0.459 e. The third-order valence-electron chi connectivity index (χ3n) is 3.37. The Morgan fingerprint density at radius 2 is 2.05 bits per heavy atom. The topological polar surface area (TPSA) is 46.6 Å². The van der Waals surface area contributed by atoms with Gasteiger partial charge in [0.05, 0.1) is 0 Å². The summed E-state index contributed by atoms with van der Waals surface area (Å²) < 4.78 is 5.30. The summed E-state index contributed by atoms with van der Waals surface area (Å²) in [6.07, 6.45) is 2.01. The smallest absolute Gasteiger partial charge is 0.329 e. The summed E-state index contributed by atoms with van der Waals surface area (Å²) in [6, 6.07) is 9.17. The van der Waals surface area contributed by atoms with E-state index in [9.17, 15) is 9.59 Å². The zero-order chi connectivity index (χ0) is 13.7. The second kappa shape index (κ2) is 6.36. The summed E-state index contributed by atoms with van der Waals surface area (Å²) >= 11 is 0. The maximum atomic E-state index is 12.0. The van der Waals surface area contributed by atoms with Crippen LogP contribution in [0.3, 0.4) is 0 Å². The van der Waals surface area contributed by atoms with Gasteiger partial charge in [-0.1, -0.05) is 37.3 Å². The molecule has 0 N–H and O–H groups in total. The maximum Gasteiger partial charge on any atom is 0.329 e. The zero-order valence-corrected chi connectivity index (χ0v) is 11.2. The van der Waals surface area contributed by atoms with Crippen molar-refractivity contribution in [1.82, 2.24) is 4.90 Å². The van der Waals surface area contributed by atoms with Crippen LogP contribution in [0.2, 0.25) is 0 Å². The molecule has 0 aromatic heterocycles. The number of amides is 1. The van der Waals surface area contributed by atoms with Gasteiger partial charge in [0.15, 0.2) is 0 Å². The van der Waals surface area contributed by atoms with Crippen LogP contribution in [-0.4, -0.2) is 29.4 Å². The van der Waals surface area contributed by atoms with Crippen LogP contribution in [0.4, 0.5) is 0 Å². The number of likely N-dealkylation sites (tertiary alicyclic amines) is 1. The average molecular weight is 261 g/mol. The van der Waals surface area contributed by atoms with Gasteiger partial charge < -0.3 is 9.64 Å². The third-order valence-corrected chi connectivity index (χ3v) is 3.37. The first kappa shape index (κ1) is 13.6. The van der Waals surface area contributed by atoms with Gasteiger partial charge in [-0.05, 0) is 18.4 Å². The highest BCUT2D eigenvalue weighted by Gasteiger charge is 2.34. The standard InChI is InChI=1S/C15H19NO3/c1-2-14(17)16-10-6-9-13(16)15(18)19-11-12-7-4-3-5-8-12/h3-5,7-8,13H,2,6,9-11H2,1H3/t13-/m0/s1. The minimum Gasteiger partial charge on any atom is -0.459 e. The Morgan fingerprint density at radius 1 is 1.32 bits per heavy atom. The second-order valence-corrected chi connectivity index (χ2v) is 4.69. The quantitative estimate of drug-likeness (QED) is 0.780. The Bertz CT molecular complexity index is 444. The molecule has 1 aromatic carbocycles. The minimum atomic E-state index is -0.392. The van der Waals surface area contributed by atoms with Gasteiger partial charge in [-0.15, -0.1) is 0 Å². The molecule has 1 heterocycles. The first-order valence-corrected chi connectivity index (χ1v) is 6.72. The van der Waals surface area contributed by atoms with Crippen molar-refractivity contribution in [3.05, 3.63) is 35.9 Å². The molecule has 1 aliphatic rings. The van der Waals surface area contributed by atoms with Crippen LogP contribution in [0.5, 0.6) is 0 Å². The van der Waals surface area contributed by atoms with Crippen LogP contribution in [0.1, 0.15) is 31.7 Å². The number of benzene rings is 1. The van der Waals surface area contributed by atoms with Gasteiger partial charge >= 0.3 is 5.97 Å². The third kappa shape index (κ3) is 3.34. The van der Waals surface area contributed by atoms with Crippen LogP contribution < -0.4 is 0 Å². The van der Waals surface area contributed by atoms with Crippen LogP contribution in [-0.2, 0) is 20.9 Å². The fourth-order valence-electron chi connectivity index (χ4n) is 2.34. The average Bonchev–Trinajstić information content (AvgIpc) is 2.94. The fourth-order valence-corrected chi connectivity index (χ4v) is 2.34. The molecule has 4 nitrogen and oxygen atoms in total. The van der Waals surface area contributed by atoms with Crippen molar-refractivity contribution in [2.45, 2.75) is 38.8 Å². The van der Waals surface area contributed by atoms with E-state index in [0.717, 1.165) is 12.0 Å². The highest BCUT2D eigenvalue weighted by atomic mass is 16.5. The van der Waals surface area contributed by atoms with Crippen LogP contribution in [0.15, 0.2) is 30.3 Å². The van der Waals surface area contributed by atoms with E-state index in [1.165, 1.54) is 0 Å². The Balaban J connectivity index is 1.90. The molecule has 102 valence electrons. The molecule has 0 unspecified atom stereocenters. The summed E-state index contributed by atoms with van der Waals surface area (Å²) in [5, 5.41) is 0. The van der Waals surface area contributed by atoms with Crippen molar-refractivity contribution in [2.24, 2.45) is 0 Å². The number of esters is 1. The normalized spacial score (nSPS) is 18.4. The summed E-state index contributed by atoms with van der Waals surface area (Å²) in [6.45, 7) is 2.75. The number of ether oxygens (including phenoxy) is 1. The number of carbonyl (C=O) groups is 2. The molecule has 0 saturated carbocycles. The molecular weight excluding hydrogens is 242 g/mol. The molecule has 4 heteroatoms. The van der Waals surface area contributed by atoms with Crippen molar-refractivity contribution in [3.63, 3.8) is 0 Å². The van der Waals surface area contributed by atoms with E-state index >= 15 is 0 Å². The first-order valence-electron chi connectivity index (χ1n) is 6.72.